The van der Waals surface area contributed by atoms with Crippen molar-refractivity contribution in [3.05, 3.63) is 17.7 Å². The molecule has 2 N–H and O–H groups in total. The first-order valence-electron chi connectivity index (χ1n) is 3.27. The molecule has 0 atom stereocenters. The second-order valence-corrected chi connectivity index (χ2v) is 2.63. The Kier molecular flexibility index (Phi) is 1.56. The van der Waals surface area contributed by atoms with Gasteiger partial charge in [0.1, 0.15) is 11.4 Å². The normalized spacial score (nSPS) is 10.7. The van der Waals surface area contributed by atoms with E-state index in [-0.39, 0.29) is 0 Å². The van der Waals surface area contributed by atoms with Gasteiger partial charge in [-0.05, 0) is 0 Å². The minimum atomic E-state index is 0.594. The van der Waals surface area contributed by atoms with Gasteiger partial charge in [0, 0.05) is 12.8 Å². The number of aromatic amines is 2. The maximum Gasteiger partial charge on any atom is 0.239 e. The van der Waals surface area contributed by atoms with Crippen LogP contribution in [0.4, 0.5) is 0 Å². The Morgan fingerprint density at radius 3 is 2.44 bits per heavy atom. The average molecular weight is 125 g/mol. The van der Waals surface area contributed by atoms with Crippen molar-refractivity contribution >= 4 is 0 Å². The number of aryl methyl sites for hydroxylation is 1. The Labute approximate surface area is 55.3 Å². The number of imidazole rings is 1. The fourth-order valence-electron chi connectivity index (χ4n) is 1.01. The summed E-state index contributed by atoms with van der Waals surface area (Å²) in [6.07, 6.45) is 1.87. The first-order valence-corrected chi connectivity index (χ1v) is 3.27. The van der Waals surface area contributed by atoms with Crippen LogP contribution in [-0.4, -0.2) is 4.98 Å². The third-order valence-electron chi connectivity index (χ3n) is 1.50. The van der Waals surface area contributed by atoms with Gasteiger partial charge in [-0.25, -0.2) is 9.97 Å². The molecule has 0 aliphatic carbocycles. The highest BCUT2D eigenvalue weighted by molar-refractivity contribution is 5.05. The third kappa shape index (κ3) is 1.12. The van der Waals surface area contributed by atoms with E-state index in [1.54, 1.807) is 0 Å². The van der Waals surface area contributed by atoms with Crippen molar-refractivity contribution in [1.82, 2.24) is 4.98 Å². The fraction of sp³-hybridized carbons (Fsp3) is 0.571. The van der Waals surface area contributed by atoms with Crippen LogP contribution in [0.2, 0.25) is 0 Å². The van der Waals surface area contributed by atoms with Crippen LogP contribution in [0, 0.1) is 6.92 Å². The van der Waals surface area contributed by atoms with Crippen LogP contribution in [0.5, 0.6) is 0 Å². The zero-order valence-electron chi connectivity index (χ0n) is 6.15. The number of aromatic nitrogens is 2. The lowest BCUT2D eigenvalue weighted by atomic mass is 10.1. The number of hydrogen-bond donors (Lipinski definition) is 1. The largest absolute Gasteiger partial charge is 0.248 e. The van der Waals surface area contributed by atoms with E-state index in [4.69, 9.17) is 0 Å². The van der Waals surface area contributed by atoms with Crippen molar-refractivity contribution in [1.29, 1.82) is 0 Å². The Morgan fingerprint density at radius 2 is 2.22 bits per heavy atom. The second kappa shape index (κ2) is 2.21. The van der Waals surface area contributed by atoms with Gasteiger partial charge < -0.3 is 0 Å². The SMILES string of the molecule is Cc1[nH]c[nH+]c1C(C)C. The van der Waals surface area contributed by atoms with Gasteiger partial charge in [0.05, 0.1) is 0 Å². The maximum absolute atomic E-state index is 3.15. The summed E-state index contributed by atoms with van der Waals surface area (Å²) < 4.78 is 0. The van der Waals surface area contributed by atoms with Gasteiger partial charge in [-0.15, -0.1) is 0 Å². The first-order chi connectivity index (χ1) is 4.22. The minimum absolute atomic E-state index is 0.594. The van der Waals surface area contributed by atoms with Crippen molar-refractivity contribution in [3.63, 3.8) is 0 Å². The molecule has 2 nitrogen and oxygen atoms in total. The van der Waals surface area contributed by atoms with Crippen LogP contribution in [0.1, 0.15) is 31.2 Å². The van der Waals surface area contributed by atoms with Gasteiger partial charge >= 0.3 is 0 Å². The smallest absolute Gasteiger partial charge is 0.239 e. The quantitative estimate of drug-likeness (QED) is 0.585. The van der Waals surface area contributed by atoms with E-state index in [0.717, 1.165) is 0 Å². The van der Waals surface area contributed by atoms with Crippen LogP contribution in [0.3, 0.4) is 0 Å². The Hall–Kier alpha value is -0.790. The summed E-state index contributed by atoms with van der Waals surface area (Å²) >= 11 is 0. The van der Waals surface area contributed by atoms with E-state index in [0.29, 0.717) is 5.92 Å². The molecule has 50 valence electrons. The fourth-order valence-corrected chi connectivity index (χ4v) is 1.01. The summed E-state index contributed by atoms with van der Waals surface area (Å²) in [5.41, 5.74) is 2.54. The standard InChI is InChI=1S/C7H12N2/c1-5(2)7-6(3)8-4-9-7/h4-5H,1-3H3,(H,8,9)/p+1. The molecule has 0 unspecified atom stereocenters. The summed E-state index contributed by atoms with van der Waals surface area (Å²) in [7, 11) is 0. The van der Waals surface area contributed by atoms with E-state index in [1.807, 2.05) is 6.33 Å². The number of rotatable bonds is 1. The van der Waals surface area contributed by atoms with Crippen molar-refractivity contribution in [2.75, 3.05) is 0 Å². The van der Waals surface area contributed by atoms with Gasteiger partial charge in [-0.1, -0.05) is 13.8 Å². The number of nitrogens with one attached hydrogen (secondary N) is 2. The summed E-state index contributed by atoms with van der Waals surface area (Å²) in [4.78, 5) is 6.24. The molecule has 0 bridgehead atoms. The predicted molar refractivity (Wildman–Crippen MR) is 36.2 cm³/mol. The van der Waals surface area contributed by atoms with Crippen molar-refractivity contribution in [3.8, 4) is 0 Å². The summed E-state index contributed by atoms with van der Waals surface area (Å²) in [5.74, 6) is 0.594. The highest BCUT2D eigenvalue weighted by Crippen LogP contribution is 2.09. The van der Waals surface area contributed by atoms with Crippen molar-refractivity contribution in [2.24, 2.45) is 0 Å². The number of H-pyrrole nitrogens is 2. The molecule has 0 aliphatic heterocycles. The second-order valence-electron chi connectivity index (χ2n) is 2.63. The molecule has 9 heavy (non-hydrogen) atoms. The lowest BCUT2D eigenvalue weighted by Crippen LogP contribution is -2.06. The average Bonchev–Trinajstić information content (AvgIpc) is 2.13. The van der Waals surface area contributed by atoms with Crippen LogP contribution in [0.25, 0.3) is 0 Å². The molecule has 1 heterocycles. The Balaban J connectivity index is 2.94. The van der Waals surface area contributed by atoms with E-state index in [1.165, 1.54) is 11.4 Å². The van der Waals surface area contributed by atoms with Gasteiger partial charge in [-0.2, -0.15) is 0 Å². The molecule has 0 amide bonds. The molecule has 0 spiro atoms. The summed E-state index contributed by atoms with van der Waals surface area (Å²) in [6, 6.07) is 0. The predicted octanol–water partition coefficient (Wildman–Crippen LogP) is 1.26. The molecular formula is C7H13N2+. The first kappa shape index (κ1) is 6.33. The van der Waals surface area contributed by atoms with Crippen LogP contribution < -0.4 is 4.98 Å². The zero-order chi connectivity index (χ0) is 6.85. The van der Waals surface area contributed by atoms with Crippen molar-refractivity contribution < 1.29 is 4.98 Å². The van der Waals surface area contributed by atoms with Crippen molar-refractivity contribution in [2.45, 2.75) is 26.7 Å². The third-order valence-corrected chi connectivity index (χ3v) is 1.50. The van der Waals surface area contributed by atoms with E-state index < -0.39 is 0 Å². The molecule has 2 heteroatoms. The Bertz CT molecular complexity index is 189. The maximum atomic E-state index is 3.15. The summed E-state index contributed by atoms with van der Waals surface area (Å²) in [5, 5.41) is 0. The van der Waals surface area contributed by atoms with Crippen LogP contribution in [-0.2, 0) is 0 Å². The lowest BCUT2D eigenvalue weighted by Gasteiger charge is -1.94. The van der Waals surface area contributed by atoms with Crippen LogP contribution >= 0.6 is 0 Å². The molecule has 0 fully saturated rings. The molecular weight excluding hydrogens is 112 g/mol. The molecule has 0 radical (unpaired) electrons. The van der Waals surface area contributed by atoms with E-state index >= 15 is 0 Å². The topological polar surface area (TPSA) is 29.9 Å². The summed E-state index contributed by atoms with van der Waals surface area (Å²) in [6.45, 7) is 6.42. The molecule has 0 aromatic carbocycles. The minimum Gasteiger partial charge on any atom is -0.248 e. The lowest BCUT2D eigenvalue weighted by molar-refractivity contribution is -0.389. The highest BCUT2D eigenvalue weighted by atomic mass is 14.9. The van der Waals surface area contributed by atoms with Gasteiger partial charge in [0.2, 0.25) is 6.33 Å². The molecule has 1 aromatic rings. The number of hydrogen-bond acceptors (Lipinski definition) is 0. The Morgan fingerprint density at radius 1 is 1.56 bits per heavy atom. The molecule has 1 rings (SSSR count). The van der Waals surface area contributed by atoms with E-state index in [2.05, 4.69) is 30.7 Å². The van der Waals surface area contributed by atoms with Gasteiger partial charge in [-0.3, -0.25) is 0 Å². The van der Waals surface area contributed by atoms with E-state index in [9.17, 15) is 0 Å². The van der Waals surface area contributed by atoms with Crippen LogP contribution in [0.15, 0.2) is 6.33 Å². The molecule has 0 aliphatic rings. The monoisotopic (exact) mass is 125 g/mol. The van der Waals surface area contributed by atoms with Gasteiger partial charge in [0.15, 0.2) is 0 Å². The molecule has 0 saturated heterocycles. The highest BCUT2D eigenvalue weighted by Gasteiger charge is 2.09. The van der Waals surface area contributed by atoms with Gasteiger partial charge in [0.25, 0.3) is 0 Å². The molecule has 1 aromatic heterocycles. The molecule has 0 saturated carbocycles. The zero-order valence-corrected chi connectivity index (χ0v) is 6.15.